The van der Waals surface area contributed by atoms with Crippen LogP contribution in [0.25, 0.3) is 0 Å². The monoisotopic (exact) mass is 366 g/mol. The van der Waals surface area contributed by atoms with Gasteiger partial charge in [0.2, 0.25) is 0 Å². The molecule has 0 amide bonds. The maximum atomic E-state index is 12.9. The minimum atomic E-state index is -2.26. The number of aliphatic hydroxyl groups excluding tert-OH is 1. The molecule has 0 radical (unpaired) electrons. The number of hydrogen-bond acceptors (Lipinski definition) is 5. The average molecular weight is 366 g/mol. The van der Waals surface area contributed by atoms with E-state index in [1.54, 1.807) is 0 Å². The van der Waals surface area contributed by atoms with Gasteiger partial charge in [-0.05, 0) is 30.6 Å². The Morgan fingerprint density at radius 1 is 1.00 bits per heavy atom. The molecule has 0 heterocycles. The van der Waals surface area contributed by atoms with Crippen molar-refractivity contribution in [3.8, 4) is 0 Å². The lowest BCUT2D eigenvalue weighted by molar-refractivity contribution is -0.145. The van der Waals surface area contributed by atoms with Crippen molar-refractivity contribution < 1.29 is 24.6 Å². The molecule has 0 saturated carbocycles. The molecule has 1 aliphatic carbocycles. The number of carbonyl (C=O) groups is 3. The number of Topliss-reactive ketones (excluding diaryl/α,β-unsaturated/α-hetero) is 3. The van der Waals surface area contributed by atoms with E-state index in [9.17, 15) is 24.6 Å². The van der Waals surface area contributed by atoms with Crippen molar-refractivity contribution in [2.45, 2.75) is 79.2 Å². The van der Waals surface area contributed by atoms with E-state index in [1.165, 1.54) is 0 Å². The molecule has 5 nitrogen and oxygen atoms in total. The van der Waals surface area contributed by atoms with Crippen molar-refractivity contribution in [2.75, 3.05) is 0 Å². The van der Waals surface area contributed by atoms with E-state index in [-0.39, 0.29) is 42.6 Å². The fraction of sp³-hybridized carbons (Fsp3) is 0.762. The van der Waals surface area contributed by atoms with Gasteiger partial charge in [0.1, 0.15) is 11.3 Å². The molecule has 0 aromatic rings. The van der Waals surface area contributed by atoms with E-state index in [0.717, 1.165) is 0 Å². The third kappa shape index (κ3) is 4.81. The molecule has 26 heavy (non-hydrogen) atoms. The van der Waals surface area contributed by atoms with Crippen molar-refractivity contribution in [1.82, 2.24) is 0 Å². The van der Waals surface area contributed by atoms with Gasteiger partial charge in [-0.15, -0.1) is 0 Å². The van der Waals surface area contributed by atoms with Crippen LogP contribution in [0.3, 0.4) is 0 Å². The predicted molar refractivity (Wildman–Crippen MR) is 101 cm³/mol. The van der Waals surface area contributed by atoms with Gasteiger partial charge in [0, 0.05) is 12.8 Å². The molecule has 2 atom stereocenters. The van der Waals surface area contributed by atoms with Gasteiger partial charge in [0.15, 0.2) is 23.0 Å². The fourth-order valence-electron chi connectivity index (χ4n) is 3.36. The van der Waals surface area contributed by atoms with Crippen LogP contribution in [0.15, 0.2) is 11.3 Å². The van der Waals surface area contributed by atoms with Gasteiger partial charge in [-0.3, -0.25) is 14.4 Å². The van der Waals surface area contributed by atoms with Crippen molar-refractivity contribution in [2.24, 2.45) is 23.7 Å². The number of allylic oxidation sites excluding steroid dienone is 1. The highest BCUT2D eigenvalue weighted by Crippen LogP contribution is 2.42. The second-order valence-corrected chi connectivity index (χ2v) is 8.75. The summed E-state index contributed by atoms with van der Waals surface area (Å²) in [6.45, 7) is 11.6. The van der Waals surface area contributed by atoms with Gasteiger partial charge in [-0.2, -0.15) is 0 Å². The maximum Gasteiger partial charge on any atom is 0.190 e. The molecule has 0 aromatic carbocycles. The normalized spacial score (nSPS) is 23.6. The van der Waals surface area contributed by atoms with Crippen molar-refractivity contribution >= 4 is 17.3 Å². The molecule has 0 bridgehead atoms. The molecule has 1 aliphatic rings. The summed E-state index contributed by atoms with van der Waals surface area (Å²) in [5.41, 5.74) is -2.63. The Labute approximate surface area is 156 Å². The molecule has 5 heteroatoms. The third-order valence-corrected chi connectivity index (χ3v) is 4.94. The van der Waals surface area contributed by atoms with Crippen molar-refractivity contribution in [3.05, 3.63) is 11.3 Å². The summed E-state index contributed by atoms with van der Waals surface area (Å²) in [4.78, 5) is 38.1. The highest BCUT2D eigenvalue weighted by atomic mass is 16.3. The second kappa shape index (κ2) is 8.94. The summed E-state index contributed by atoms with van der Waals surface area (Å²) >= 11 is 0. The molecular weight excluding hydrogens is 332 g/mol. The Morgan fingerprint density at radius 3 is 2.00 bits per heavy atom. The van der Waals surface area contributed by atoms with Crippen LogP contribution in [0.4, 0.5) is 0 Å². The molecule has 0 aromatic heterocycles. The minimum absolute atomic E-state index is 0.00931. The predicted octanol–water partition coefficient (Wildman–Crippen LogP) is 3.79. The lowest BCUT2D eigenvalue weighted by Crippen LogP contribution is -2.47. The first-order valence-electron chi connectivity index (χ1n) is 9.69. The van der Waals surface area contributed by atoms with E-state index < -0.39 is 34.6 Å². The fourth-order valence-corrected chi connectivity index (χ4v) is 3.36. The van der Waals surface area contributed by atoms with Gasteiger partial charge < -0.3 is 10.2 Å². The Balaban J connectivity index is 3.27. The second-order valence-electron chi connectivity index (χ2n) is 8.75. The van der Waals surface area contributed by atoms with Crippen LogP contribution in [-0.2, 0) is 14.4 Å². The average Bonchev–Trinajstić information content (AvgIpc) is 2.69. The zero-order chi connectivity index (χ0) is 20.2. The highest BCUT2D eigenvalue weighted by molar-refractivity contribution is 6.25. The van der Waals surface area contributed by atoms with Gasteiger partial charge in [-0.25, -0.2) is 0 Å². The van der Waals surface area contributed by atoms with E-state index in [4.69, 9.17) is 0 Å². The van der Waals surface area contributed by atoms with Gasteiger partial charge >= 0.3 is 0 Å². The number of hydrogen-bond donors (Lipinski definition) is 2. The van der Waals surface area contributed by atoms with E-state index >= 15 is 0 Å². The quantitative estimate of drug-likeness (QED) is 0.574. The van der Waals surface area contributed by atoms with Crippen LogP contribution < -0.4 is 0 Å². The Morgan fingerprint density at radius 2 is 1.54 bits per heavy atom. The first-order chi connectivity index (χ1) is 11.9. The maximum absolute atomic E-state index is 12.9. The topological polar surface area (TPSA) is 91.7 Å². The largest absolute Gasteiger partial charge is 0.508 e. The van der Waals surface area contributed by atoms with Crippen LogP contribution in [0.1, 0.15) is 73.6 Å². The molecule has 0 aliphatic heterocycles. The lowest BCUT2D eigenvalue weighted by atomic mass is 9.79. The molecule has 0 saturated heterocycles. The zero-order valence-electron chi connectivity index (χ0n) is 17.0. The smallest absolute Gasteiger partial charge is 0.190 e. The van der Waals surface area contributed by atoms with Crippen molar-refractivity contribution in [1.29, 1.82) is 0 Å². The summed E-state index contributed by atoms with van der Waals surface area (Å²) in [6, 6.07) is 0. The van der Waals surface area contributed by atoms with Crippen LogP contribution >= 0.6 is 0 Å². The van der Waals surface area contributed by atoms with Crippen LogP contribution in [0, 0.1) is 23.7 Å². The van der Waals surface area contributed by atoms with Crippen LogP contribution in [-0.4, -0.2) is 33.2 Å². The Bertz CT molecular complexity index is 585. The zero-order valence-corrected chi connectivity index (χ0v) is 17.0. The Kier molecular flexibility index (Phi) is 7.75. The first kappa shape index (κ1) is 22.6. The molecular formula is C21H34O5. The molecule has 0 unspecified atom stereocenters. The summed E-state index contributed by atoms with van der Waals surface area (Å²) in [5, 5.41) is 21.7. The summed E-state index contributed by atoms with van der Waals surface area (Å²) < 4.78 is 0. The standard InChI is InChI=1S/C21H34O5/c1-12(2)7-9-15-19(24)18(16(22)11-14(5)6)20(25)21(15,26)17(23)10-8-13(3)4/h12-15,25-26H,7-11H2,1-6H3/t15-,21+/m0/s1. The van der Waals surface area contributed by atoms with Gasteiger partial charge in [-0.1, -0.05) is 48.0 Å². The minimum Gasteiger partial charge on any atom is -0.508 e. The van der Waals surface area contributed by atoms with Crippen LogP contribution in [0.5, 0.6) is 0 Å². The SMILES string of the molecule is CC(C)CCC(=O)[C@@]1(O)C(O)=C(C(=O)CC(C)C)C(=O)[C@@H]1CCC(C)C. The summed E-state index contributed by atoms with van der Waals surface area (Å²) in [6.07, 6.45) is 1.60. The van der Waals surface area contributed by atoms with Gasteiger partial charge in [0.25, 0.3) is 0 Å². The molecule has 0 fully saturated rings. The number of ketones is 3. The molecule has 0 spiro atoms. The highest BCUT2D eigenvalue weighted by Gasteiger charge is 2.58. The third-order valence-electron chi connectivity index (χ3n) is 4.94. The molecule has 2 N–H and O–H groups in total. The molecule has 148 valence electrons. The summed E-state index contributed by atoms with van der Waals surface area (Å²) in [5.74, 6) is -2.92. The number of aliphatic hydroxyl groups is 2. The van der Waals surface area contributed by atoms with Crippen LogP contribution in [0.2, 0.25) is 0 Å². The van der Waals surface area contributed by atoms with E-state index in [0.29, 0.717) is 12.8 Å². The molecule has 1 rings (SSSR count). The van der Waals surface area contributed by atoms with E-state index in [1.807, 2.05) is 41.5 Å². The number of rotatable bonds is 10. The summed E-state index contributed by atoms with van der Waals surface area (Å²) in [7, 11) is 0. The lowest BCUT2D eigenvalue weighted by Gasteiger charge is -2.28. The number of carbonyl (C=O) groups excluding carboxylic acids is 3. The van der Waals surface area contributed by atoms with E-state index in [2.05, 4.69) is 0 Å². The van der Waals surface area contributed by atoms with Gasteiger partial charge in [0.05, 0.1) is 5.92 Å². The first-order valence-corrected chi connectivity index (χ1v) is 9.69. The Hall–Kier alpha value is -1.49. The van der Waals surface area contributed by atoms with Crippen molar-refractivity contribution in [3.63, 3.8) is 0 Å².